The molecule has 4 aromatic rings. The number of aryl methyl sites for hydroxylation is 1. The Morgan fingerprint density at radius 2 is 1.97 bits per heavy atom. The lowest BCUT2D eigenvalue weighted by Gasteiger charge is -2.32. The lowest BCUT2D eigenvalue weighted by Crippen LogP contribution is -2.38. The Bertz CT molecular complexity index is 1470. The molecule has 1 fully saturated rings. The van der Waals surface area contributed by atoms with E-state index in [2.05, 4.69) is 27.0 Å². The summed E-state index contributed by atoms with van der Waals surface area (Å²) in [6.07, 6.45) is -2.82. The van der Waals surface area contributed by atoms with Gasteiger partial charge in [-0.25, -0.2) is 17.6 Å². The van der Waals surface area contributed by atoms with E-state index in [-0.39, 0.29) is 28.1 Å². The van der Waals surface area contributed by atoms with Crippen molar-refractivity contribution in [3.63, 3.8) is 0 Å². The van der Waals surface area contributed by atoms with Gasteiger partial charge in [0.15, 0.2) is 0 Å². The summed E-state index contributed by atoms with van der Waals surface area (Å²) in [4.78, 5) is 5.43. The van der Waals surface area contributed by atoms with Crippen molar-refractivity contribution in [2.45, 2.75) is 20.3 Å². The van der Waals surface area contributed by atoms with E-state index in [1.807, 2.05) is 6.92 Å². The molecule has 1 aliphatic rings. The molecule has 5 rings (SSSR count). The molecular formula is C24H19F4N5O. The standard InChI is InChI=1S/C24H19F4N5O/c1-14-30-31-23-29-22(21-18(26)4-3-5-19(21)33(14)23)32(11-20(27)28)17-9-15(8-16(25)10-17)6-7-24(2)12-34-13-24/h3-5,8-10,20H,11-13H2,1-2H3. The molecule has 2 aromatic heterocycles. The third kappa shape index (κ3) is 3.92. The summed E-state index contributed by atoms with van der Waals surface area (Å²) in [6, 6.07) is 8.13. The summed E-state index contributed by atoms with van der Waals surface area (Å²) >= 11 is 0. The van der Waals surface area contributed by atoms with E-state index < -0.39 is 24.6 Å². The fourth-order valence-electron chi connectivity index (χ4n) is 3.93. The van der Waals surface area contributed by atoms with Crippen molar-refractivity contribution < 1.29 is 22.3 Å². The number of alkyl halides is 2. The molecule has 0 unspecified atom stereocenters. The number of aromatic nitrogens is 4. The topological polar surface area (TPSA) is 55.5 Å². The monoisotopic (exact) mass is 469 g/mol. The minimum Gasteiger partial charge on any atom is -0.378 e. The van der Waals surface area contributed by atoms with Crippen LogP contribution in [0.25, 0.3) is 16.7 Å². The van der Waals surface area contributed by atoms with Crippen molar-refractivity contribution in [2.75, 3.05) is 24.7 Å². The number of halogens is 4. The van der Waals surface area contributed by atoms with Gasteiger partial charge in [0.2, 0.25) is 0 Å². The maximum Gasteiger partial charge on any atom is 0.257 e. The number of anilines is 2. The van der Waals surface area contributed by atoms with Crippen molar-refractivity contribution in [1.82, 2.24) is 19.6 Å². The van der Waals surface area contributed by atoms with Gasteiger partial charge in [0.05, 0.1) is 36.1 Å². The molecule has 0 atom stereocenters. The van der Waals surface area contributed by atoms with Gasteiger partial charge in [-0.1, -0.05) is 17.9 Å². The molecule has 0 saturated carbocycles. The molecule has 2 aromatic carbocycles. The van der Waals surface area contributed by atoms with Crippen LogP contribution in [0.15, 0.2) is 36.4 Å². The van der Waals surface area contributed by atoms with Gasteiger partial charge in [-0.05, 0) is 44.2 Å². The molecule has 0 bridgehead atoms. The van der Waals surface area contributed by atoms with Crippen LogP contribution in [0.2, 0.25) is 0 Å². The first-order valence-corrected chi connectivity index (χ1v) is 10.5. The molecule has 0 amide bonds. The smallest absolute Gasteiger partial charge is 0.257 e. The molecule has 0 spiro atoms. The molecule has 1 aliphatic heterocycles. The summed E-state index contributed by atoms with van der Waals surface area (Å²) in [6.45, 7) is 3.68. The molecular weight excluding hydrogens is 450 g/mol. The molecule has 0 N–H and O–H groups in total. The largest absolute Gasteiger partial charge is 0.378 e. The molecule has 6 nitrogen and oxygen atoms in total. The van der Waals surface area contributed by atoms with Crippen LogP contribution >= 0.6 is 0 Å². The molecule has 0 radical (unpaired) electrons. The number of ether oxygens (including phenoxy) is 1. The number of hydrogen-bond donors (Lipinski definition) is 0. The van der Waals surface area contributed by atoms with Crippen LogP contribution in [0.5, 0.6) is 0 Å². The van der Waals surface area contributed by atoms with Gasteiger partial charge < -0.3 is 9.64 Å². The highest BCUT2D eigenvalue weighted by Crippen LogP contribution is 2.35. The predicted molar refractivity (Wildman–Crippen MR) is 118 cm³/mol. The van der Waals surface area contributed by atoms with Gasteiger partial charge in [0.1, 0.15) is 23.3 Å². The molecule has 1 saturated heterocycles. The minimum absolute atomic E-state index is 0.00502. The molecule has 3 heterocycles. The normalized spacial score (nSPS) is 14.8. The first-order valence-electron chi connectivity index (χ1n) is 10.5. The van der Waals surface area contributed by atoms with Crippen molar-refractivity contribution in [2.24, 2.45) is 5.41 Å². The number of fused-ring (bicyclic) bond motifs is 3. The summed E-state index contributed by atoms with van der Waals surface area (Å²) in [5, 5.41) is 7.94. The van der Waals surface area contributed by atoms with Crippen molar-refractivity contribution >= 4 is 28.2 Å². The van der Waals surface area contributed by atoms with E-state index >= 15 is 4.39 Å². The zero-order valence-electron chi connectivity index (χ0n) is 18.3. The third-order valence-corrected chi connectivity index (χ3v) is 5.59. The summed E-state index contributed by atoms with van der Waals surface area (Å²) in [5.41, 5.74) is 0.381. The molecule has 174 valence electrons. The maximum absolute atomic E-state index is 15.1. The zero-order chi connectivity index (χ0) is 24.0. The van der Waals surface area contributed by atoms with Crippen LogP contribution in [-0.4, -0.2) is 45.8 Å². The Labute approximate surface area is 192 Å². The molecule has 10 heteroatoms. The quantitative estimate of drug-likeness (QED) is 0.322. The van der Waals surface area contributed by atoms with E-state index in [1.54, 1.807) is 13.0 Å². The minimum atomic E-state index is -2.82. The van der Waals surface area contributed by atoms with Crippen molar-refractivity contribution in [3.05, 3.63) is 59.4 Å². The van der Waals surface area contributed by atoms with Gasteiger partial charge in [0, 0.05) is 11.3 Å². The maximum atomic E-state index is 15.1. The van der Waals surface area contributed by atoms with Crippen LogP contribution in [0.3, 0.4) is 0 Å². The van der Waals surface area contributed by atoms with Crippen LogP contribution in [0.4, 0.5) is 29.1 Å². The molecule has 0 aliphatic carbocycles. The van der Waals surface area contributed by atoms with Crippen LogP contribution < -0.4 is 4.90 Å². The second kappa shape index (κ2) is 8.25. The highest BCUT2D eigenvalue weighted by atomic mass is 19.3. The van der Waals surface area contributed by atoms with E-state index in [0.717, 1.165) is 11.0 Å². The number of nitrogens with zero attached hydrogens (tertiary/aromatic N) is 5. The first kappa shape index (κ1) is 22.1. The average Bonchev–Trinajstić information content (AvgIpc) is 3.15. The van der Waals surface area contributed by atoms with E-state index in [9.17, 15) is 13.2 Å². The predicted octanol–water partition coefficient (Wildman–Crippen LogP) is 4.66. The Morgan fingerprint density at radius 3 is 2.68 bits per heavy atom. The fraction of sp³-hybridized carbons (Fsp3) is 0.292. The summed E-state index contributed by atoms with van der Waals surface area (Å²) in [7, 11) is 0. The lowest BCUT2D eigenvalue weighted by molar-refractivity contribution is -0.0648. The number of benzene rings is 2. The van der Waals surface area contributed by atoms with Crippen LogP contribution in [-0.2, 0) is 4.74 Å². The molecule has 34 heavy (non-hydrogen) atoms. The van der Waals surface area contributed by atoms with Crippen LogP contribution in [0.1, 0.15) is 18.3 Å². The van der Waals surface area contributed by atoms with Gasteiger partial charge in [0.25, 0.3) is 12.2 Å². The van der Waals surface area contributed by atoms with Gasteiger partial charge in [-0.15, -0.1) is 10.2 Å². The SMILES string of the molecule is Cc1nnc2nc(N(CC(F)F)c3cc(F)cc(C#CC4(C)COC4)c3)c3c(F)cccc3n12. The van der Waals surface area contributed by atoms with Gasteiger partial charge >= 0.3 is 0 Å². The fourth-order valence-corrected chi connectivity index (χ4v) is 3.93. The summed E-state index contributed by atoms with van der Waals surface area (Å²) in [5.74, 6) is 5.08. The lowest BCUT2D eigenvalue weighted by atomic mass is 9.89. The van der Waals surface area contributed by atoms with E-state index in [1.165, 1.54) is 28.7 Å². The van der Waals surface area contributed by atoms with Crippen molar-refractivity contribution in [3.8, 4) is 11.8 Å². The average molecular weight is 469 g/mol. The second-order valence-corrected chi connectivity index (χ2v) is 8.46. The summed E-state index contributed by atoms with van der Waals surface area (Å²) < 4.78 is 63.8. The van der Waals surface area contributed by atoms with E-state index in [4.69, 9.17) is 4.74 Å². The van der Waals surface area contributed by atoms with Crippen LogP contribution in [0, 0.1) is 35.8 Å². The number of hydrogen-bond acceptors (Lipinski definition) is 5. The first-order chi connectivity index (χ1) is 16.2. The zero-order valence-corrected chi connectivity index (χ0v) is 18.3. The Morgan fingerprint density at radius 1 is 1.18 bits per heavy atom. The Hall–Kier alpha value is -3.71. The highest BCUT2D eigenvalue weighted by molar-refractivity contribution is 5.94. The van der Waals surface area contributed by atoms with Gasteiger partial charge in [-0.2, -0.15) is 4.98 Å². The Balaban J connectivity index is 1.72. The number of rotatable bonds is 4. The Kier molecular flexibility index (Phi) is 5.37. The third-order valence-electron chi connectivity index (χ3n) is 5.59. The van der Waals surface area contributed by atoms with Crippen molar-refractivity contribution in [1.29, 1.82) is 0 Å². The highest BCUT2D eigenvalue weighted by Gasteiger charge is 2.31. The van der Waals surface area contributed by atoms with Gasteiger partial charge in [-0.3, -0.25) is 4.40 Å². The van der Waals surface area contributed by atoms with E-state index in [0.29, 0.717) is 30.1 Å². The second-order valence-electron chi connectivity index (χ2n) is 8.46.